The molecule has 3 heterocycles. The number of methoxy groups -OCH3 is 1. The van der Waals surface area contributed by atoms with Crippen molar-refractivity contribution in [3.05, 3.63) is 52.3 Å². The van der Waals surface area contributed by atoms with E-state index in [1.54, 1.807) is 7.11 Å². The molecule has 1 aromatic heterocycles. The molecule has 5 rings (SSSR count). The van der Waals surface area contributed by atoms with Gasteiger partial charge in [0, 0.05) is 44.6 Å². The molecule has 0 radical (unpaired) electrons. The number of rotatable bonds is 14. The summed E-state index contributed by atoms with van der Waals surface area (Å²) in [5.74, 6) is -0.654. The van der Waals surface area contributed by atoms with Crippen LogP contribution in [0.4, 0.5) is 4.79 Å². The Bertz CT molecular complexity index is 1560. The van der Waals surface area contributed by atoms with Crippen molar-refractivity contribution in [2.24, 2.45) is 11.3 Å². The van der Waals surface area contributed by atoms with Crippen LogP contribution in [0.3, 0.4) is 0 Å². The number of likely N-dealkylation sites (tertiary alicyclic amines) is 2. The van der Waals surface area contributed by atoms with Crippen LogP contribution in [0.5, 0.6) is 5.75 Å². The first-order chi connectivity index (χ1) is 23.5. The number of alkyl carbamates (subject to hydrolysis) is 1. The number of carboxylic acid groups (broad SMARTS) is 1. The van der Waals surface area contributed by atoms with Gasteiger partial charge in [-0.2, -0.15) is 0 Å². The molecule has 4 atom stereocenters. The molecular weight excluding hydrogens is 628 g/mol. The third kappa shape index (κ3) is 9.42. The minimum atomic E-state index is -1.03. The van der Waals surface area contributed by atoms with Gasteiger partial charge in [-0.3, -0.25) is 9.59 Å². The van der Waals surface area contributed by atoms with E-state index in [0.29, 0.717) is 50.1 Å². The van der Waals surface area contributed by atoms with Crippen LogP contribution in [-0.2, 0) is 25.5 Å². The van der Waals surface area contributed by atoms with Crippen molar-refractivity contribution in [2.45, 2.75) is 96.4 Å². The molecule has 12 heteroatoms. The number of carbonyl (C=O) groups is 3. The van der Waals surface area contributed by atoms with Gasteiger partial charge in [0.05, 0.1) is 17.7 Å². The number of aromatic amines is 1. The number of allylic oxidation sites excluding steroid dienone is 1. The zero-order chi connectivity index (χ0) is 35.1. The number of carbonyl (C=O) groups excluding carboxylic acids is 2. The van der Waals surface area contributed by atoms with Crippen LogP contribution in [0.15, 0.2) is 41.2 Å². The second kappa shape index (κ2) is 16.2. The molecule has 49 heavy (non-hydrogen) atoms. The average Bonchev–Trinajstić information content (AvgIpc) is 3.58. The minimum absolute atomic E-state index is 0.0466. The number of hydrogen-bond donors (Lipinski definition) is 3. The van der Waals surface area contributed by atoms with Crippen molar-refractivity contribution in [1.82, 2.24) is 20.1 Å². The first-order valence-corrected chi connectivity index (χ1v) is 17.6. The van der Waals surface area contributed by atoms with E-state index in [-0.39, 0.29) is 23.7 Å². The van der Waals surface area contributed by atoms with E-state index in [9.17, 15) is 24.3 Å². The van der Waals surface area contributed by atoms with Gasteiger partial charge < -0.3 is 39.4 Å². The van der Waals surface area contributed by atoms with Crippen LogP contribution in [0.2, 0.25) is 0 Å². The van der Waals surface area contributed by atoms with Crippen LogP contribution in [0, 0.1) is 11.3 Å². The number of unbranched alkanes of at least 4 members (excludes halogenated alkanes) is 1. The summed E-state index contributed by atoms with van der Waals surface area (Å²) in [5.41, 5.74) is 0.687. The van der Waals surface area contributed by atoms with E-state index >= 15 is 0 Å². The van der Waals surface area contributed by atoms with E-state index in [1.807, 2.05) is 51.1 Å². The SMILES string of the molecule is COCCN1CCC(Oc2c(CCC/C=C/[C@@H]3CC3OC(=O)N[C@H](C(=O)N3CCC[C@H]3C(=O)O)C(C)(C)C)c(=O)[nH]c3ccccc23)CC1. The molecule has 2 aliphatic heterocycles. The molecule has 2 amide bonds. The highest BCUT2D eigenvalue weighted by Gasteiger charge is 2.44. The maximum absolute atomic E-state index is 13.3. The maximum atomic E-state index is 13.3. The number of pyridine rings is 1. The fourth-order valence-corrected chi connectivity index (χ4v) is 6.84. The number of amides is 2. The number of carboxylic acids is 1. The van der Waals surface area contributed by atoms with E-state index < -0.39 is 35.5 Å². The average molecular weight is 681 g/mol. The van der Waals surface area contributed by atoms with Gasteiger partial charge >= 0.3 is 12.1 Å². The first kappa shape index (κ1) is 36.4. The Morgan fingerprint density at radius 2 is 1.88 bits per heavy atom. The zero-order valence-corrected chi connectivity index (χ0v) is 29.2. The van der Waals surface area contributed by atoms with Gasteiger partial charge in [-0.1, -0.05) is 45.1 Å². The Hall–Kier alpha value is -3.90. The van der Waals surface area contributed by atoms with Crippen molar-refractivity contribution in [3.63, 3.8) is 0 Å². The molecule has 0 spiro atoms. The lowest BCUT2D eigenvalue weighted by atomic mass is 9.85. The van der Waals surface area contributed by atoms with Crippen molar-refractivity contribution in [3.8, 4) is 5.75 Å². The van der Waals surface area contributed by atoms with Crippen molar-refractivity contribution in [1.29, 1.82) is 0 Å². The molecule has 3 fully saturated rings. The second-order valence-electron chi connectivity index (χ2n) is 14.6. The third-order valence-corrected chi connectivity index (χ3v) is 9.81. The van der Waals surface area contributed by atoms with Crippen LogP contribution in [0.25, 0.3) is 10.9 Å². The summed E-state index contributed by atoms with van der Waals surface area (Å²) < 4.78 is 17.4. The van der Waals surface area contributed by atoms with Gasteiger partial charge in [0.25, 0.3) is 5.56 Å². The first-order valence-electron chi connectivity index (χ1n) is 17.6. The summed E-state index contributed by atoms with van der Waals surface area (Å²) in [5, 5.41) is 13.2. The Kier molecular flexibility index (Phi) is 12.0. The van der Waals surface area contributed by atoms with Gasteiger partial charge in [-0.05, 0) is 68.9 Å². The van der Waals surface area contributed by atoms with Crippen LogP contribution in [-0.4, -0.2) is 102 Å². The minimum Gasteiger partial charge on any atom is -0.489 e. The third-order valence-electron chi connectivity index (χ3n) is 9.81. The number of para-hydroxylation sites is 1. The molecular formula is C37H52N4O8. The lowest BCUT2D eigenvalue weighted by Crippen LogP contribution is -2.56. The van der Waals surface area contributed by atoms with Gasteiger partial charge in [0.15, 0.2) is 0 Å². The topological polar surface area (TPSA) is 150 Å². The summed E-state index contributed by atoms with van der Waals surface area (Å²) in [6.45, 7) is 9.34. The highest BCUT2D eigenvalue weighted by Crippen LogP contribution is 2.36. The van der Waals surface area contributed by atoms with E-state index in [4.69, 9.17) is 14.2 Å². The van der Waals surface area contributed by atoms with Gasteiger partial charge in [-0.25, -0.2) is 9.59 Å². The second-order valence-corrected chi connectivity index (χ2v) is 14.6. The summed E-state index contributed by atoms with van der Waals surface area (Å²) in [7, 11) is 1.72. The number of nitrogens with zero attached hydrogens (tertiary/aromatic N) is 2. The number of ether oxygens (including phenoxy) is 3. The number of piperidine rings is 1. The normalized spacial score (nSPS) is 22.4. The molecule has 1 unspecified atom stereocenters. The molecule has 1 aliphatic carbocycles. The van der Waals surface area contributed by atoms with Crippen molar-refractivity contribution < 1.29 is 33.7 Å². The lowest BCUT2D eigenvalue weighted by molar-refractivity contribution is -0.150. The number of H-pyrrole nitrogens is 1. The molecule has 2 saturated heterocycles. The maximum Gasteiger partial charge on any atom is 0.408 e. The Morgan fingerprint density at radius 1 is 1.12 bits per heavy atom. The van der Waals surface area contributed by atoms with E-state index in [2.05, 4.69) is 21.3 Å². The van der Waals surface area contributed by atoms with Crippen molar-refractivity contribution in [2.75, 3.05) is 39.9 Å². The number of aromatic nitrogens is 1. The molecule has 12 nitrogen and oxygen atoms in total. The molecule has 2 aromatic rings. The molecule has 0 bridgehead atoms. The zero-order valence-electron chi connectivity index (χ0n) is 29.2. The number of fused-ring (bicyclic) bond motifs is 1. The van der Waals surface area contributed by atoms with Gasteiger partial charge in [0.2, 0.25) is 5.91 Å². The lowest BCUT2D eigenvalue weighted by Gasteiger charge is -2.34. The monoisotopic (exact) mass is 680 g/mol. The predicted molar refractivity (Wildman–Crippen MR) is 186 cm³/mol. The molecule has 3 aliphatic rings. The molecule has 3 N–H and O–H groups in total. The van der Waals surface area contributed by atoms with Crippen LogP contribution in [0.1, 0.15) is 71.3 Å². The van der Waals surface area contributed by atoms with Gasteiger partial charge in [0.1, 0.15) is 30.0 Å². The fourth-order valence-electron chi connectivity index (χ4n) is 6.84. The largest absolute Gasteiger partial charge is 0.489 e. The number of nitrogens with one attached hydrogen (secondary N) is 2. The number of hydrogen-bond acceptors (Lipinski definition) is 8. The Balaban J connectivity index is 1.12. The Morgan fingerprint density at radius 3 is 2.59 bits per heavy atom. The summed E-state index contributed by atoms with van der Waals surface area (Å²) in [4.78, 5) is 57.8. The standard InChI is InChI=1S/C37H52N4O8/c1-37(2,3)32(34(43)41-18-10-15-29(41)35(44)45)39-36(46)49-30-23-24(30)11-6-5-7-13-27-31(26-12-8-9-14-28(26)38-33(27)42)48-25-16-19-40(20-17-25)21-22-47-4/h6,8-9,11-12,14,24-25,29-30,32H,5,7,10,13,15-23H2,1-4H3,(H,38,42)(H,39,46)(H,44,45)/b11-6+/t24-,29+,30?,32-/m1/s1. The van der Waals surface area contributed by atoms with Crippen LogP contribution < -0.4 is 15.6 Å². The highest BCUT2D eigenvalue weighted by molar-refractivity contribution is 5.90. The Labute approximate surface area is 288 Å². The number of benzene rings is 1. The smallest absolute Gasteiger partial charge is 0.408 e. The summed E-state index contributed by atoms with van der Waals surface area (Å²) >= 11 is 0. The summed E-state index contributed by atoms with van der Waals surface area (Å²) in [6.07, 6.45) is 8.78. The predicted octanol–water partition coefficient (Wildman–Crippen LogP) is 4.50. The van der Waals surface area contributed by atoms with E-state index in [0.717, 1.165) is 56.2 Å². The molecule has 1 aromatic carbocycles. The highest BCUT2D eigenvalue weighted by atomic mass is 16.6. The van der Waals surface area contributed by atoms with E-state index in [1.165, 1.54) is 4.90 Å². The quantitative estimate of drug-likeness (QED) is 0.194. The molecule has 268 valence electrons. The van der Waals surface area contributed by atoms with Gasteiger partial charge in [-0.15, -0.1) is 0 Å². The number of aliphatic carboxylic acids is 1. The fraction of sp³-hybridized carbons (Fsp3) is 0.622. The summed E-state index contributed by atoms with van der Waals surface area (Å²) in [6, 6.07) is 5.99. The van der Waals surface area contributed by atoms with Crippen LogP contribution >= 0.6 is 0 Å². The van der Waals surface area contributed by atoms with Crippen molar-refractivity contribution >= 4 is 28.9 Å². The molecule has 1 saturated carbocycles.